The number of quaternary nitrogens is 1. The predicted molar refractivity (Wildman–Crippen MR) is 376 cm³/mol. The van der Waals surface area contributed by atoms with Gasteiger partial charge in [0.15, 0.2) is 0 Å². The minimum atomic E-state index is -4.71. The summed E-state index contributed by atoms with van der Waals surface area (Å²) in [5.74, 6) is -0.540. The van der Waals surface area contributed by atoms with Crippen LogP contribution in [0.2, 0.25) is 0 Å². The molecule has 10 heteroatoms. The molecule has 1 N–H and O–H groups in total. The Kier molecular flexibility index (Phi) is 63.5. The molecule has 504 valence electrons. The number of hydrogen-bond donors (Lipinski definition) is 1. The van der Waals surface area contributed by atoms with E-state index in [0.717, 1.165) is 103 Å². The van der Waals surface area contributed by atoms with Gasteiger partial charge in [-0.15, -0.1) is 0 Å². The fraction of sp³-hybridized carbons (Fsp3) is 0.766. The highest BCUT2D eigenvalue weighted by molar-refractivity contribution is 7.45. The summed E-state index contributed by atoms with van der Waals surface area (Å²) in [6.07, 6.45) is 89.6. The van der Waals surface area contributed by atoms with Gasteiger partial charge in [0.2, 0.25) is 5.91 Å². The van der Waals surface area contributed by atoms with Gasteiger partial charge < -0.3 is 28.5 Å². The zero-order valence-electron chi connectivity index (χ0n) is 57.7. The summed E-state index contributed by atoms with van der Waals surface area (Å²) in [6, 6.07) is -0.895. The van der Waals surface area contributed by atoms with E-state index in [1.165, 1.54) is 193 Å². The third kappa shape index (κ3) is 67.2. The fourth-order valence-electron chi connectivity index (χ4n) is 10.4. The van der Waals surface area contributed by atoms with E-state index in [2.05, 4.69) is 111 Å². The molecule has 9 nitrogen and oxygen atoms in total. The Bertz CT molecular complexity index is 1810. The fourth-order valence-corrected chi connectivity index (χ4v) is 11.1. The number of hydrogen-bond acceptors (Lipinski definition) is 7. The number of ether oxygens (including phenoxy) is 1. The number of likely N-dealkylation sites (N-methyl/N-ethyl adjacent to an activating group) is 1. The first kappa shape index (κ1) is 83.9. The zero-order chi connectivity index (χ0) is 63.5. The number of unbranched alkanes of at least 4 members (excludes halogenated alkanes) is 36. The molecule has 87 heavy (non-hydrogen) atoms. The SMILES string of the molecule is CC/C=C\C/C=C\C/C=C\C/C=C\C/C=C\CCCCCCCCCCCCCC(=O)OC(/C=C/CCCCCCCCCCC)C(COP(=O)([O-])OCC[N+](C)(C)C)NC(=O)CCCCCCCCCCCCCCC/C=C\C/C=C\CCCCC. The molecule has 0 aliphatic rings. The maximum atomic E-state index is 13.6. The number of carbonyl (C=O) groups excluding carboxylic acids is 2. The van der Waals surface area contributed by atoms with Crippen LogP contribution >= 0.6 is 7.82 Å². The number of rotatable bonds is 66. The van der Waals surface area contributed by atoms with Gasteiger partial charge >= 0.3 is 5.97 Å². The maximum absolute atomic E-state index is 13.6. The lowest BCUT2D eigenvalue weighted by Crippen LogP contribution is -2.47. The average molecular weight is 1240 g/mol. The molecule has 0 aromatic carbocycles. The van der Waals surface area contributed by atoms with Gasteiger partial charge in [0.05, 0.1) is 33.8 Å². The van der Waals surface area contributed by atoms with Crippen molar-refractivity contribution in [2.75, 3.05) is 40.9 Å². The van der Waals surface area contributed by atoms with Crippen molar-refractivity contribution in [2.24, 2.45) is 0 Å². The molecule has 0 radical (unpaired) electrons. The minimum Gasteiger partial charge on any atom is -0.756 e. The number of phosphoric acid groups is 1. The zero-order valence-corrected chi connectivity index (χ0v) is 58.6. The molecule has 0 spiro atoms. The number of amides is 1. The van der Waals surface area contributed by atoms with Crippen LogP contribution in [0.25, 0.3) is 0 Å². The molecule has 0 bridgehead atoms. The first-order valence-electron chi connectivity index (χ1n) is 36.5. The van der Waals surface area contributed by atoms with Crippen molar-refractivity contribution >= 4 is 19.7 Å². The summed E-state index contributed by atoms with van der Waals surface area (Å²) < 4.78 is 30.5. The number of carbonyl (C=O) groups is 2. The smallest absolute Gasteiger partial charge is 0.306 e. The number of phosphoric ester groups is 1. The summed E-state index contributed by atoms with van der Waals surface area (Å²) in [5, 5.41) is 3.04. The van der Waals surface area contributed by atoms with Gasteiger partial charge in [0, 0.05) is 12.8 Å². The summed E-state index contributed by atoms with van der Waals surface area (Å²) in [6.45, 7) is 6.73. The molecule has 0 aromatic rings. The molecule has 0 heterocycles. The second-order valence-electron chi connectivity index (χ2n) is 25.7. The normalized spacial score (nSPS) is 14.1. The average Bonchev–Trinajstić information content (AvgIpc) is 3.70. The molecule has 0 aliphatic heterocycles. The lowest BCUT2D eigenvalue weighted by Gasteiger charge is -2.30. The van der Waals surface area contributed by atoms with E-state index in [9.17, 15) is 19.0 Å². The summed E-state index contributed by atoms with van der Waals surface area (Å²) in [7, 11) is 1.18. The molecular weight excluding hydrogens is 1100 g/mol. The summed E-state index contributed by atoms with van der Waals surface area (Å²) >= 11 is 0. The Morgan fingerprint density at radius 2 is 0.736 bits per heavy atom. The van der Waals surface area contributed by atoms with Crippen molar-refractivity contribution in [1.82, 2.24) is 5.32 Å². The Hall–Kier alpha value is -3.07. The standard InChI is InChI=1S/C77H139N2O7P/c1-7-10-13-16-19-22-25-27-29-31-33-35-37-38-39-40-42-44-46-48-50-52-55-58-61-64-67-70-77(81)86-75(68-65-62-59-56-53-24-21-18-15-12-9-3)74(73-85-87(82,83)84-72-71-79(4,5)6)78-76(80)69-66-63-60-57-54-51-49-47-45-43-41-36-34-32-30-28-26-23-20-17-14-11-8-2/h10,13,19-20,22-23,27-30,33,35,38-39,65,68,74-75H,7-9,11-12,14-18,21,24-26,31-32,34,36-37,40-64,66-67,69-73H2,1-6H3,(H-,78,80,82,83)/b13-10-,22-19-,23-20-,29-27-,30-28-,35-33-,39-38-,68-65+. The molecule has 0 rings (SSSR count). The van der Waals surface area contributed by atoms with E-state index in [4.69, 9.17) is 13.8 Å². The molecule has 0 saturated carbocycles. The molecule has 3 unspecified atom stereocenters. The first-order valence-corrected chi connectivity index (χ1v) is 38.0. The molecule has 0 aromatic heterocycles. The van der Waals surface area contributed by atoms with E-state index >= 15 is 0 Å². The molecule has 3 atom stereocenters. The van der Waals surface area contributed by atoms with Gasteiger partial charge in [0.1, 0.15) is 19.3 Å². The van der Waals surface area contributed by atoms with E-state index < -0.39 is 26.6 Å². The Morgan fingerprint density at radius 3 is 1.13 bits per heavy atom. The largest absolute Gasteiger partial charge is 0.756 e. The van der Waals surface area contributed by atoms with E-state index in [0.29, 0.717) is 17.4 Å². The predicted octanol–water partition coefficient (Wildman–Crippen LogP) is 22.8. The topological polar surface area (TPSA) is 114 Å². The molecule has 0 fully saturated rings. The minimum absolute atomic E-state index is 0.0254. The lowest BCUT2D eigenvalue weighted by molar-refractivity contribution is -0.870. The van der Waals surface area contributed by atoms with Crippen molar-refractivity contribution in [3.8, 4) is 0 Å². The highest BCUT2D eigenvalue weighted by atomic mass is 31.2. The van der Waals surface area contributed by atoms with Gasteiger partial charge in [-0.2, -0.15) is 0 Å². The van der Waals surface area contributed by atoms with Crippen LogP contribution in [0.5, 0.6) is 0 Å². The first-order chi connectivity index (χ1) is 42.4. The summed E-state index contributed by atoms with van der Waals surface area (Å²) in [5.41, 5.74) is 0. The van der Waals surface area contributed by atoms with Crippen molar-refractivity contribution in [3.63, 3.8) is 0 Å². The van der Waals surface area contributed by atoms with Crippen LogP contribution in [0.15, 0.2) is 97.2 Å². The van der Waals surface area contributed by atoms with Gasteiger partial charge in [-0.25, -0.2) is 0 Å². The van der Waals surface area contributed by atoms with Crippen molar-refractivity contribution < 1.29 is 37.3 Å². The molecule has 0 saturated heterocycles. The molecule has 1 amide bonds. The molecular formula is C77H139N2O7P. The van der Waals surface area contributed by atoms with Crippen LogP contribution in [-0.2, 0) is 27.9 Å². The van der Waals surface area contributed by atoms with Gasteiger partial charge in [-0.3, -0.25) is 14.2 Å². The Balaban J connectivity index is 4.98. The Labute approximate surface area is 538 Å². The van der Waals surface area contributed by atoms with Crippen LogP contribution in [0.4, 0.5) is 0 Å². The van der Waals surface area contributed by atoms with E-state index in [-0.39, 0.29) is 24.9 Å². The second kappa shape index (κ2) is 65.9. The van der Waals surface area contributed by atoms with Crippen LogP contribution in [-0.4, -0.2) is 69.4 Å². The summed E-state index contributed by atoms with van der Waals surface area (Å²) in [4.78, 5) is 40.2. The van der Waals surface area contributed by atoms with Crippen molar-refractivity contribution in [3.05, 3.63) is 97.2 Å². The number of nitrogens with one attached hydrogen (secondary N) is 1. The van der Waals surface area contributed by atoms with Gasteiger partial charge in [0.25, 0.3) is 7.82 Å². The van der Waals surface area contributed by atoms with Crippen LogP contribution < -0.4 is 10.2 Å². The van der Waals surface area contributed by atoms with Gasteiger partial charge in [-0.05, 0) is 109 Å². The molecule has 0 aliphatic carbocycles. The van der Waals surface area contributed by atoms with Crippen LogP contribution in [0.3, 0.4) is 0 Å². The third-order valence-electron chi connectivity index (χ3n) is 16.0. The highest BCUT2D eigenvalue weighted by Gasteiger charge is 2.27. The number of esters is 1. The second-order valence-corrected chi connectivity index (χ2v) is 27.1. The Morgan fingerprint density at radius 1 is 0.414 bits per heavy atom. The monoisotopic (exact) mass is 1240 g/mol. The number of nitrogens with zero attached hydrogens (tertiary/aromatic N) is 1. The van der Waals surface area contributed by atoms with Gasteiger partial charge in [-0.1, -0.05) is 305 Å². The van der Waals surface area contributed by atoms with E-state index in [1.807, 2.05) is 33.3 Å². The maximum Gasteiger partial charge on any atom is 0.306 e. The van der Waals surface area contributed by atoms with E-state index in [1.54, 1.807) is 0 Å². The third-order valence-corrected chi connectivity index (χ3v) is 17.0. The van der Waals surface area contributed by atoms with Crippen LogP contribution in [0, 0.1) is 0 Å². The van der Waals surface area contributed by atoms with Crippen molar-refractivity contribution in [2.45, 2.75) is 341 Å². The number of allylic oxidation sites excluding steroid dienone is 15. The van der Waals surface area contributed by atoms with Crippen molar-refractivity contribution in [1.29, 1.82) is 0 Å². The van der Waals surface area contributed by atoms with Crippen LogP contribution in [0.1, 0.15) is 329 Å². The lowest BCUT2D eigenvalue weighted by atomic mass is 10.0. The quantitative estimate of drug-likeness (QED) is 0.0212. The highest BCUT2D eigenvalue weighted by Crippen LogP contribution is 2.38.